The van der Waals surface area contributed by atoms with Crippen molar-refractivity contribution < 1.29 is 9.90 Å². The molecule has 18 heavy (non-hydrogen) atoms. The Balaban J connectivity index is 1.84. The molecule has 0 radical (unpaired) electrons. The van der Waals surface area contributed by atoms with Gasteiger partial charge in [-0.1, -0.05) is 0 Å². The summed E-state index contributed by atoms with van der Waals surface area (Å²) in [5.41, 5.74) is 0. The van der Waals surface area contributed by atoms with Crippen molar-refractivity contribution in [3.8, 4) is 0 Å². The topological polar surface area (TPSA) is 43.8 Å². The average molecular weight is 254 g/mol. The summed E-state index contributed by atoms with van der Waals surface area (Å²) >= 11 is 0. The number of aliphatic hydroxyl groups is 1. The standard InChI is InChI=1S/C14H26N2O2/c1-15-9-7-11(8-10-15)14(18)16(2)12-3-5-13(17)6-4-12/h11-13,17H,3-10H2,1-2H3. The lowest BCUT2D eigenvalue weighted by Gasteiger charge is -2.37. The Kier molecular flexibility index (Phi) is 4.62. The van der Waals surface area contributed by atoms with Gasteiger partial charge >= 0.3 is 0 Å². The smallest absolute Gasteiger partial charge is 0.225 e. The number of nitrogens with zero attached hydrogens (tertiary/aromatic N) is 2. The Bertz CT molecular complexity index is 280. The molecule has 1 aliphatic heterocycles. The van der Waals surface area contributed by atoms with Crippen LogP contribution in [-0.2, 0) is 4.79 Å². The first-order valence-corrected chi connectivity index (χ1v) is 7.21. The third-order valence-electron chi connectivity index (χ3n) is 4.63. The van der Waals surface area contributed by atoms with Crippen LogP contribution < -0.4 is 0 Å². The number of hydrogen-bond acceptors (Lipinski definition) is 3. The maximum atomic E-state index is 12.4. The monoisotopic (exact) mass is 254 g/mol. The highest BCUT2D eigenvalue weighted by Crippen LogP contribution is 2.25. The molecule has 0 aromatic carbocycles. The summed E-state index contributed by atoms with van der Waals surface area (Å²) < 4.78 is 0. The highest BCUT2D eigenvalue weighted by atomic mass is 16.3. The maximum absolute atomic E-state index is 12.4. The van der Waals surface area contributed by atoms with Crippen LogP contribution in [-0.4, -0.2) is 60.1 Å². The molecule has 2 fully saturated rings. The summed E-state index contributed by atoms with van der Waals surface area (Å²) in [6.07, 6.45) is 5.44. The second-order valence-corrected chi connectivity index (χ2v) is 5.99. The van der Waals surface area contributed by atoms with E-state index in [1.165, 1.54) is 0 Å². The van der Waals surface area contributed by atoms with E-state index < -0.39 is 0 Å². The normalized spacial score (nSPS) is 31.3. The summed E-state index contributed by atoms with van der Waals surface area (Å²) in [4.78, 5) is 16.7. The van der Waals surface area contributed by atoms with Crippen molar-refractivity contribution in [3.05, 3.63) is 0 Å². The Morgan fingerprint density at radius 2 is 1.67 bits per heavy atom. The van der Waals surface area contributed by atoms with Crippen LogP contribution in [0.3, 0.4) is 0 Å². The molecule has 4 heteroatoms. The van der Waals surface area contributed by atoms with Gasteiger partial charge in [0.2, 0.25) is 5.91 Å². The molecule has 0 unspecified atom stereocenters. The number of rotatable bonds is 2. The Hall–Kier alpha value is -0.610. The lowest BCUT2D eigenvalue weighted by atomic mass is 9.90. The molecule has 0 aromatic rings. The second-order valence-electron chi connectivity index (χ2n) is 5.99. The molecule has 1 amide bonds. The summed E-state index contributed by atoms with van der Waals surface area (Å²) in [5, 5.41) is 9.52. The molecule has 2 aliphatic rings. The number of aliphatic hydroxyl groups excluding tert-OH is 1. The Morgan fingerprint density at radius 3 is 2.22 bits per heavy atom. The van der Waals surface area contributed by atoms with E-state index in [9.17, 15) is 9.90 Å². The van der Waals surface area contributed by atoms with Gasteiger partial charge in [-0.15, -0.1) is 0 Å². The summed E-state index contributed by atoms with van der Waals surface area (Å²) in [5.74, 6) is 0.544. The maximum Gasteiger partial charge on any atom is 0.225 e. The van der Waals surface area contributed by atoms with Crippen LogP contribution >= 0.6 is 0 Å². The van der Waals surface area contributed by atoms with E-state index in [0.717, 1.165) is 51.6 Å². The van der Waals surface area contributed by atoms with Crippen molar-refractivity contribution in [2.24, 2.45) is 5.92 Å². The van der Waals surface area contributed by atoms with E-state index in [1.54, 1.807) is 0 Å². The van der Waals surface area contributed by atoms with E-state index in [1.807, 2.05) is 11.9 Å². The van der Waals surface area contributed by atoms with Crippen molar-refractivity contribution in [2.75, 3.05) is 27.2 Å². The van der Waals surface area contributed by atoms with Crippen LogP contribution in [0, 0.1) is 5.92 Å². The highest BCUT2D eigenvalue weighted by molar-refractivity contribution is 5.79. The molecule has 0 atom stereocenters. The number of hydrogen-bond donors (Lipinski definition) is 1. The zero-order valence-electron chi connectivity index (χ0n) is 11.6. The van der Waals surface area contributed by atoms with Crippen molar-refractivity contribution >= 4 is 5.91 Å². The molecule has 0 aromatic heterocycles. The van der Waals surface area contributed by atoms with Gasteiger partial charge in [0.25, 0.3) is 0 Å². The SMILES string of the molecule is CN1CCC(C(=O)N(C)C2CCC(O)CC2)CC1. The molecule has 1 saturated carbocycles. The molecule has 1 aliphatic carbocycles. The van der Waals surface area contributed by atoms with Gasteiger partial charge < -0.3 is 14.9 Å². The zero-order valence-corrected chi connectivity index (χ0v) is 11.6. The fourth-order valence-corrected chi connectivity index (χ4v) is 3.17. The molecule has 1 N–H and O–H groups in total. The van der Waals surface area contributed by atoms with E-state index in [0.29, 0.717) is 11.9 Å². The molecular formula is C14H26N2O2. The van der Waals surface area contributed by atoms with Gasteiger partial charge in [0, 0.05) is 19.0 Å². The first kappa shape index (κ1) is 13.8. The predicted molar refractivity (Wildman–Crippen MR) is 71.3 cm³/mol. The van der Waals surface area contributed by atoms with Crippen molar-refractivity contribution in [2.45, 2.75) is 50.7 Å². The third kappa shape index (κ3) is 3.23. The Morgan fingerprint density at radius 1 is 1.11 bits per heavy atom. The van der Waals surface area contributed by atoms with Gasteiger partial charge in [-0.2, -0.15) is 0 Å². The van der Waals surface area contributed by atoms with E-state index in [2.05, 4.69) is 11.9 Å². The van der Waals surface area contributed by atoms with Crippen LogP contribution in [0.1, 0.15) is 38.5 Å². The quantitative estimate of drug-likeness (QED) is 0.802. The summed E-state index contributed by atoms with van der Waals surface area (Å²) in [7, 11) is 4.07. The minimum atomic E-state index is -0.145. The summed E-state index contributed by atoms with van der Waals surface area (Å²) in [6, 6.07) is 0.348. The van der Waals surface area contributed by atoms with E-state index in [-0.39, 0.29) is 12.0 Å². The molecule has 1 heterocycles. The molecular weight excluding hydrogens is 228 g/mol. The number of carbonyl (C=O) groups is 1. The molecule has 1 saturated heterocycles. The number of likely N-dealkylation sites (tertiary alicyclic amines) is 1. The molecule has 104 valence electrons. The van der Waals surface area contributed by atoms with Gasteiger partial charge in [0.1, 0.15) is 0 Å². The second kappa shape index (κ2) is 6.02. The van der Waals surface area contributed by atoms with Gasteiger partial charge in [-0.3, -0.25) is 4.79 Å². The van der Waals surface area contributed by atoms with Crippen LogP contribution in [0.5, 0.6) is 0 Å². The third-order valence-corrected chi connectivity index (χ3v) is 4.63. The zero-order chi connectivity index (χ0) is 13.1. The van der Waals surface area contributed by atoms with Gasteiger partial charge in [0.05, 0.1) is 6.10 Å². The predicted octanol–water partition coefficient (Wildman–Crippen LogP) is 1.09. The first-order valence-electron chi connectivity index (χ1n) is 7.21. The number of carbonyl (C=O) groups excluding carboxylic acids is 1. The van der Waals surface area contributed by atoms with Crippen molar-refractivity contribution in [1.82, 2.24) is 9.80 Å². The van der Waals surface area contributed by atoms with E-state index in [4.69, 9.17) is 0 Å². The molecule has 2 rings (SSSR count). The lowest BCUT2D eigenvalue weighted by Crippen LogP contribution is -2.45. The Labute approximate surface area is 110 Å². The van der Waals surface area contributed by atoms with Crippen LogP contribution in [0.4, 0.5) is 0 Å². The average Bonchev–Trinajstić information content (AvgIpc) is 2.39. The van der Waals surface area contributed by atoms with Gasteiger partial charge in [0.15, 0.2) is 0 Å². The van der Waals surface area contributed by atoms with Gasteiger partial charge in [-0.05, 0) is 58.7 Å². The van der Waals surface area contributed by atoms with Crippen molar-refractivity contribution in [1.29, 1.82) is 0 Å². The highest BCUT2D eigenvalue weighted by Gasteiger charge is 2.31. The van der Waals surface area contributed by atoms with E-state index >= 15 is 0 Å². The minimum Gasteiger partial charge on any atom is -0.393 e. The first-order chi connectivity index (χ1) is 8.58. The minimum absolute atomic E-state index is 0.145. The largest absolute Gasteiger partial charge is 0.393 e. The lowest BCUT2D eigenvalue weighted by molar-refractivity contribution is -0.138. The fraction of sp³-hybridized carbons (Fsp3) is 0.929. The molecule has 0 spiro atoms. The molecule has 4 nitrogen and oxygen atoms in total. The number of amides is 1. The molecule has 0 bridgehead atoms. The van der Waals surface area contributed by atoms with Crippen molar-refractivity contribution in [3.63, 3.8) is 0 Å². The van der Waals surface area contributed by atoms with Gasteiger partial charge in [-0.25, -0.2) is 0 Å². The fourth-order valence-electron chi connectivity index (χ4n) is 3.17. The van der Waals surface area contributed by atoms with Crippen LogP contribution in [0.25, 0.3) is 0 Å². The van der Waals surface area contributed by atoms with Crippen LogP contribution in [0.15, 0.2) is 0 Å². The van der Waals surface area contributed by atoms with Crippen LogP contribution in [0.2, 0.25) is 0 Å². The number of piperidine rings is 1. The summed E-state index contributed by atoms with van der Waals surface area (Å²) in [6.45, 7) is 2.07.